The molecule has 1 aliphatic rings. The van der Waals surface area contributed by atoms with E-state index in [4.69, 9.17) is 20.0 Å². The Morgan fingerprint density at radius 2 is 1.85 bits per heavy atom. The van der Waals surface area contributed by atoms with Crippen LogP contribution < -0.4 is 9.64 Å². The molecule has 0 unspecified atom stereocenters. The highest BCUT2D eigenvalue weighted by atomic mass is 16.5. The van der Waals surface area contributed by atoms with E-state index in [0.717, 1.165) is 0 Å². The summed E-state index contributed by atoms with van der Waals surface area (Å²) in [6, 6.07) is 10.6. The van der Waals surface area contributed by atoms with E-state index in [2.05, 4.69) is 0 Å². The van der Waals surface area contributed by atoms with Crippen LogP contribution in [-0.4, -0.2) is 55.5 Å². The van der Waals surface area contributed by atoms with Crippen molar-refractivity contribution < 1.29 is 23.9 Å². The first kappa shape index (κ1) is 19.7. The van der Waals surface area contributed by atoms with E-state index in [1.54, 1.807) is 24.3 Å². The van der Waals surface area contributed by atoms with Crippen molar-refractivity contribution in [2.75, 3.05) is 37.7 Å². The molecule has 0 saturated heterocycles. The van der Waals surface area contributed by atoms with Crippen molar-refractivity contribution in [3.05, 3.63) is 24.3 Å². The molecule has 9 nitrogen and oxygen atoms in total. The van der Waals surface area contributed by atoms with Gasteiger partial charge in [-0.15, -0.1) is 0 Å². The van der Waals surface area contributed by atoms with Crippen LogP contribution in [0, 0.1) is 22.7 Å². The molecular formula is C18H18N4O5. The van der Waals surface area contributed by atoms with Gasteiger partial charge in [-0.3, -0.25) is 19.3 Å². The molecule has 9 heteroatoms. The Balaban J connectivity index is 1.92. The summed E-state index contributed by atoms with van der Waals surface area (Å²) in [7, 11) is 0. The molecule has 0 aliphatic carbocycles. The van der Waals surface area contributed by atoms with Crippen LogP contribution in [0.1, 0.15) is 12.8 Å². The Bertz CT molecular complexity index is 778. The maximum absolute atomic E-state index is 12.1. The second-order valence-electron chi connectivity index (χ2n) is 5.59. The minimum atomic E-state index is -0.742. The van der Waals surface area contributed by atoms with Crippen molar-refractivity contribution in [1.29, 1.82) is 10.5 Å². The van der Waals surface area contributed by atoms with Crippen molar-refractivity contribution >= 4 is 23.5 Å². The molecule has 0 N–H and O–H groups in total. The zero-order chi connectivity index (χ0) is 19.6. The van der Waals surface area contributed by atoms with Gasteiger partial charge in [-0.05, 0) is 12.1 Å². The number of fused-ring (bicyclic) bond motifs is 1. The Morgan fingerprint density at radius 3 is 2.52 bits per heavy atom. The minimum Gasteiger partial charge on any atom is -0.482 e. The largest absolute Gasteiger partial charge is 0.482 e. The maximum Gasteiger partial charge on any atom is 0.326 e. The number of esters is 1. The highest BCUT2D eigenvalue weighted by Gasteiger charge is 2.28. The number of para-hydroxylation sites is 2. The molecule has 0 saturated carbocycles. The molecule has 0 aromatic heterocycles. The Kier molecular flexibility index (Phi) is 7.15. The van der Waals surface area contributed by atoms with Crippen LogP contribution in [0.4, 0.5) is 5.69 Å². The van der Waals surface area contributed by atoms with Crippen molar-refractivity contribution in [2.24, 2.45) is 0 Å². The highest BCUT2D eigenvalue weighted by Crippen LogP contribution is 2.31. The van der Waals surface area contributed by atoms with Gasteiger partial charge in [0.2, 0.25) is 0 Å². The Hall–Kier alpha value is -3.59. The van der Waals surface area contributed by atoms with Crippen LogP contribution in [-0.2, 0) is 19.1 Å². The van der Waals surface area contributed by atoms with Crippen LogP contribution >= 0.6 is 0 Å². The summed E-state index contributed by atoms with van der Waals surface area (Å²) in [6.07, 6.45) is 0.231. The number of nitriles is 2. The summed E-state index contributed by atoms with van der Waals surface area (Å²) in [5.74, 6) is -1.14. The number of carbonyl (C=O) groups is 3. The number of ether oxygens (including phenoxy) is 2. The molecule has 0 spiro atoms. The Labute approximate surface area is 156 Å². The van der Waals surface area contributed by atoms with Gasteiger partial charge in [0.05, 0.1) is 30.7 Å². The van der Waals surface area contributed by atoms with Crippen LogP contribution in [0.5, 0.6) is 5.75 Å². The summed E-state index contributed by atoms with van der Waals surface area (Å²) in [6.45, 7) is -0.730. The summed E-state index contributed by atoms with van der Waals surface area (Å²) < 4.78 is 10.3. The first-order valence-electron chi connectivity index (χ1n) is 8.26. The van der Waals surface area contributed by atoms with Crippen LogP contribution in [0.3, 0.4) is 0 Å². The lowest BCUT2D eigenvalue weighted by molar-refractivity contribution is -0.151. The lowest BCUT2D eigenvalue weighted by atomic mass is 10.2. The third-order valence-corrected chi connectivity index (χ3v) is 3.79. The third-order valence-electron chi connectivity index (χ3n) is 3.79. The zero-order valence-electron chi connectivity index (χ0n) is 14.6. The van der Waals surface area contributed by atoms with Gasteiger partial charge in [0.25, 0.3) is 11.8 Å². The van der Waals surface area contributed by atoms with E-state index in [-0.39, 0.29) is 45.0 Å². The highest BCUT2D eigenvalue weighted by molar-refractivity contribution is 6.01. The first-order chi connectivity index (χ1) is 13.1. The minimum absolute atomic E-state index is 0.115. The average molecular weight is 370 g/mol. The number of carbonyl (C=O) groups excluding carboxylic acids is 3. The predicted octanol–water partition coefficient (Wildman–Crippen LogP) is 0.611. The van der Waals surface area contributed by atoms with Crippen molar-refractivity contribution in [1.82, 2.24) is 4.90 Å². The van der Waals surface area contributed by atoms with Crippen LogP contribution in [0.2, 0.25) is 0 Å². The molecule has 1 heterocycles. The second kappa shape index (κ2) is 9.78. The fourth-order valence-corrected chi connectivity index (χ4v) is 2.47. The number of anilines is 1. The maximum atomic E-state index is 12.1. The fraction of sp³-hybridized carbons (Fsp3) is 0.389. The van der Waals surface area contributed by atoms with Gasteiger partial charge >= 0.3 is 5.97 Å². The molecule has 2 rings (SSSR count). The van der Waals surface area contributed by atoms with E-state index in [9.17, 15) is 14.4 Å². The van der Waals surface area contributed by atoms with Crippen LogP contribution in [0.15, 0.2) is 24.3 Å². The molecule has 0 atom stereocenters. The fourth-order valence-electron chi connectivity index (χ4n) is 2.47. The summed E-state index contributed by atoms with van der Waals surface area (Å²) in [5.41, 5.74) is 0.460. The number of nitrogens with zero attached hydrogens (tertiary/aromatic N) is 4. The number of hydrogen-bond acceptors (Lipinski definition) is 7. The number of hydrogen-bond donors (Lipinski definition) is 0. The van der Waals surface area contributed by atoms with E-state index in [1.807, 2.05) is 12.1 Å². The molecule has 0 fully saturated rings. The molecule has 2 amide bonds. The lowest BCUT2D eigenvalue weighted by Gasteiger charge is -2.28. The van der Waals surface area contributed by atoms with Gasteiger partial charge in [0, 0.05) is 13.1 Å². The average Bonchev–Trinajstić information content (AvgIpc) is 2.68. The first-order valence-corrected chi connectivity index (χ1v) is 8.26. The van der Waals surface area contributed by atoms with E-state index >= 15 is 0 Å². The summed E-state index contributed by atoms with van der Waals surface area (Å²) in [4.78, 5) is 38.8. The van der Waals surface area contributed by atoms with Gasteiger partial charge in [0.15, 0.2) is 13.2 Å². The van der Waals surface area contributed by atoms with E-state index in [1.165, 1.54) is 9.80 Å². The van der Waals surface area contributed by atoms with E-state index in [0.29, 0.717) is 11.4 Å². The van der Waals surface area contributed by atoms with Gasteiger partial charge in [-0.25, -0.2) is 0 Å². The molecule has 1 aromatic rings. The van der Waals surface area contributed by atoms with E-state index < -0.39 is 18.5 Å². The summed E-state index contributed by atoms with van der Waals surface area (Å²) >= 11 is 0. The molecular weight excluding hydrogens is 352 g/mol. The second-order valence-corrected chi connectivity index (χ2v) is 5.59. The zero-order valence-corrected chi connectivity index (χ0v) is 14.6. The molecule has 140 valence electrons. The van der Waals surface area contributed by atoms with Crippen LogP contribution in [0.25, 0.3) is 0 Å². The van der Waals surface area contributed by atoms with Gasteiger partial charge in [-0.2, -0.15) is 10.5 Å². The molecule has 0 radical (unpaired) electrons. The molecule has 0 bridgehead atoms. The SMILES string of the molecule is N#CCCN(CCC#N)C(=O)COC(=O)CN1C(=O)COc2ccccc21. The molecule has 1 aromatic carbocycles. The number of benzene rings is 1. The van der Waals surface area contributed by atoms with Crippen molar-refractivity contribution in [2.45, 2.75) is 12.8 Å². The topological polar surface area (TPSA) is 124 Å². The monoisotopic (exact) mass is 370 g/mol. The standard InChI is InChI=1S/C18H18N4O5/c19-7-3-9-21(10-4-8-20)16(23)12-27-18(25)11-22-14-5-1-2-6-15(14)26-13-17(22)24/h1-2,5-6H,3-4,9-13H2. The van der Waals surface area contributed by atoms with Gasteiger partial charge in [0.1, 0.15) is 12.3 Å². The predicted molar refractivity (Wildman–Crippen MR) is 92.3 cm³/mol. The summed E-state index contributed by atoms with van der Waals surface area (Å²) in [5, 5.41) is 17.3. The molecule has 1 aliphatic heterocycles. The van der Waals surface area contributed by atoms with Crippen molar-refractivity contribution in [3.63, 3.8) is 0 Å². The third kappa shape index (κ3) is 5.44. The quantitative estimate of drug-likeness (QED) is 0.614. The Morgan fingerprint density at radius 1 is 1.19 bits per heavy atom. The van der Waals surface area contributed by atoms with Gasteiger partial charge in [-0.1, -0.05) is 12.1 Å². The smallest absolute Gasteiger partial charge is 0.326 e. The van der Waals surface area contributed by atoms with Crippen molar-refractivity contribution in [3.8, 4) is 17.9 Å². The normalized spacial score (nSPS) is 12.2. The number of amides is 2. The lowest BCUT2D eigenvalue weighted by Crippen LogP contribution is -2.43. The van der Waals surface area contributed by atoms with Gasteiger partial charge < -0.3 is 14.4 Å². The number of rotatable bonds is 8. The molecule has 27 heavy (non-hydrogen) atoms.